The molecule has 5 nitrogen and oxygen atoms in total. The van der Waals surface area contributed by atoms with Gasteiger partial charge in [0, 0.05) is 12.6 Å². The number of hydrogen-bond donors (Lipinski definition) is 1. The molecule has 0 aliphatic carbocycles. The third kappa shape index (κ3) is 7.42. The molecule has 0 unspecified atom stereocenters. The summed E-state index contributed by atoms with van der Waals surface area (Å²) in [6, 6.07) is 17.3. The Kier molecular flexibility index (Phi) is 9.57. The van der Waals surface area contributed by atoms with Crippen LogP contribution in [0.5, 0.6) is 5.75 Å². The number of para-hydroxylation sites is 1. The first-order valence-electron chi connectivity index (χ1n) is 11.2. The van der Waals surface area contributed by atoms with Crippen LogP contribution in [-0.2, 0) is 16.0 Å². The molecule has 1 atom stereocenters. The lowest BCUT2D eigenvalue weighted by molar-refractivity contribution is -0.142. The normalized spacial score (nSPS) is 12.0. The van der Waals surface area contributed by atoms with E-state index in [1.807, 2.05) is 75.4 Å². The smallest absolute Gasteiger partial charge is 0.261 e. The van der Waals surface area contributed by atoms with Gasteiger partial charge in [-0.3, -0.25) is 9.59 Å². The van der Waals surface area contributed by atoms with Gasteiger partial charge >= 0.3 is 0 Å². The first-order chi connectivity index (χ1) is 14.8. The highest BCUT2D eigenvalue weighted by Gasteiger charge is 2.29. The van der Waals surface area contributed by atoms with Crippen LogP contribution in [-0.4, -0.2) is 41.9 Å². The third-order valence-corrected chi connectivity index (χ3v) is 5.19. The highest BCUT2D eigenvalue weighted by molar-refractivity contribution is 5.88. The Bertz CT molecular complexity index is 834. The van der Waals surface area contributed by atoms with Gasteiger partial charge in [0.25, 0.3) is 5.91 Å². The van der Waals surface area contributed by atoms with E-state index in [9.17, 15) is 9.59 Å². The van der Waals surface area contributed by atoms with Crippen LogP contribution in [0.25, 0.3) is 0 Å². The molecule has 0 bridgehead atoms. The molecule has 2 aromatic rings. The van der Waals surface area contributed by atoms with Crippen molar-refractivity contribution in [1.82, 2.24) is 10.2 Å². The SMILES string of the molecule is CC[C@@H](C(=O)NC(C)C)N(CCc1ccccc1)C(=O)COc1ccccc1C(C)C. The van der Waals surface area contributed by atoms with E-state index < -0.39 is 6.04 Å². The van der Waals surface area contributed by atoms with Gasteiger partial charge in [-0.15, -0.1) is 0 Å². The molecule has 5 heteroatoms. The number of nitrogens with one attached hydrogen (secondary N) is 1. The average molecular weight is 425 g/mol. The summed E-state index contributed by atoms with van der Waals surface area (Å²) in [5, 5.41) is 2.95. The van der Waals surface area contributed by atoms with E-state index in [2.05, 4.69) is 19.2 Å². The summed E-state index contributed by atoms with van der Waals surface area (Å²) in [5.74, 6) is 0.705. The van der Waals surface area contributed by atoms with E-state index in [1.165, 1.54) is 0 Å². The molecule has 2 aromatic carbocycles. The summed E-state index contributed by atoms with van der Waals surface area (Å²) in [6.07, 6.45) is 1.22. The fourth-order valence-electron chi connectivity index (χ4n) is 3.59. The van der Waals surface area contributed by atoms with Crippen LogP contribution < -0.4 is 10.1 Å². The zero-order chi connectivity index (χ0) is 22.8. The molecular formula is C26H36N2O3. The number of amides is 2. The van der Waals surface area contributed by atoms with Crippen LogP contribution in [0, 0.1) is 0 Å². The number of carbonyl (C=O) groups excluding carboxylic acids is 2. The summed E-state index contributed by atoms with van der Waals surface area (Å²) in [7, 11) is 0. The van der Waals surface area contributed by atoms with Crippen molar-refractivity contribution in [3.05, 3.63) is 65.7 Å². The van der Waals surface area contributed by atoms with Crippen molar-refractivity contribution in [2.75, 3.05) is 13.2 Å². The molecule has 2 amide bonds. The molecule has 0 fully saturated rings. The van der Waals surface area contributed by atoms with Crippen molar-refractivity contribution in [2.45, 2.75) is 65.5 Å². The third-order valence-electron chi connectivity index (χ3n) is 5.19. The Morgan fingerprint density at radius 1 is 0.968 bits per heavy atom. The van der Waals surface area contributed by atoms with Crippen molar-refractivity contribution in [3.8, 4) is 5.75 Å². The minimum Gasteiger partial charge on any atom is -0.483 e. The van der Waals surface area contributed by atoms with Gasteiger partial charge in [-0.2, -0.15) is 0 Å². The molecule has 1 N–H and O–H groups in total. The van der Waals surface area contributed by atoms with E-state index in [0.717, 1.165) is 11.1 Å². The van der Waals surface area contributed by atoms with Gasteiger partial charge in [-0.25, -0.2) is 0 Å². The summed E-state index contributed by atoms with van der Waals surface area (Å²) in [5.41, 5.74) is 2.20. The fraction of sp³-hybridized carbons (Fsp3) is 0.462. The molecule has 0 aliphatic heterocycles. The Hall–Kier alpha value is -2.82. The number of ether oxygens (including phenoxy) is 1. The van der Waals surface area contributed by atoms with Crippen molar-refractivity contribution in [2.24, 2.45) is 0 Å². The standard InChI is InChI=1S/C26H36N2O3/c1-6-23(26(30)27-20(4)5)28(17-16-21-12-8-7-9-13-21)25(29)18-31-24-15-11-10-14-22(24)19(2)3/h7-15,19-20,23H,6,16-18H2,1-5H3,(H,27,30)/t23-/m0/s1. The van der Waals surface area contributed by atoms with Crippen LogP contribution in [0.2, 0.25) is 0 Å². The lowest BCUT2D eigenvalue weighted by Gasteiger charge is -2.31. The van der Waals surface area contributed by atoms with E-state index in [0.29, 0.717) is 31.1 Å². The molecule has 0 saturated carbocycles. The Morgan fingerprint density at radius 2 is 1.61 bits per heavy atom. The second-order valence-electron chi connectivity index (χ2n) is 8.39. The number of nitrogens with zero attached hydrogens (tertiary/aromatic N) is 1. The van der Waals surface area contributed by atoms with Crippen LogP contribution in [0.1, 0.15) is 58.1 Å². The maximum Gasteiger partial charge on any atom is 0.261 e. The quantitative estimate of drug-likeness (QED) is 0.575. The van der Waals surface area contributed by atoms with Crippen molar-refractivity contribution in [3.63, 3.8) is 0 Å². The lowest BCUT2D eigenvalue weighted by Crippen LogP contribution is -2.52. The topological polar surface area (TPSA) is 58.6 Å². The predicted molar refractivity (Wildman–Crippen MR) is 125 cm³/mol. The molecule has 0 heterocycles. The van der Waals surface area contributed by atoms with Crippen molar-refractivity contribution >= 4 is 11.8 Å². The molecule has 0 aliphatic rings. The van der Waals surface area contributed by atoms with Crippen molar-refractivity contribution < 1.29 is 14.3 Å². The van der Waals surface area contributed by atoms with E-state index in [-0.39, 0.29) is 24.5 Å². The Morgan fingerprint density at radius 3 is 2.23 bits per heavy atom. The molecule has 0 radical (unpaired) electrons. The first kappa shape index (κ1) is 24.4. The fourth-order valence-corrected chi connectivity index (χ4v) is 3.59. The number of rotatable bonds is 11. The molecule has 0 spiro atoms. The maximum atomic E-state index is 13.2. The minimum atomic E-state index is -0.525. The van der Waals surface area contributed by atoms with Gasteiger partial charge in [0.1, 0.15) is 11.8 Å². The summed E-state index contributed by atoms with van der Waals surface area (Å²) < 4.78 is 5.93. The van der Waals surface area contributed by atoms with Crippen molar-refractivity contribution in [1.29, 1.82) is 0 Å². The highest BCUT2D eigenvalue weighted by Crippen LogP contribution is 2.26. The molecule has 0 saturated heterocycles. The van der Waals surface area contributed by atoms with Crippen LogP contribution in [0.4, 0.5) is 0 Å². The van der Waals surface area contributed by atoms with Gasteiger partial charge in [0.2, 0.25) is 5.91 Å². The monoisotopic (exact) mass is 424 g/mol. The predicted octanol–water partition coefficient (Wildman–Crippen LogP) is 4.56. The van der Waals surface area contributed by atoms with E-state index >= 15 is 0 Å². The van der Waals surface area contributed by atoms with Crippen LogP contribution in [0.3, 0.4) is 0 Å². The summed E-state index contributed by atoms with van der Waals surface area (Å²) in [6.45, 7) is 10.3. The van der Waals surface area contributed by atoms with Gasteiger partial charge in [0.15, 0.2) is 6.61 Å². The zero-order valence-corrected chi connectivity index (χ0v) is 19.4. The number of hydrogen-bond acceptors (Lipinski definition) is 3. The van der Waals surface area contributed by atoms with E-state index in [4.69, 9.17) is 4.74 Å². The summed E-state index contributed by atoms with van der Waals surface area (Å²) >= 11 is 0. The first-order valence-corrected chi connectivity index (χ1v) is 11.2. The number of carbonyl (C=O) groups is 2. The summed E-state index contributed by atoms with van der Waals surface area (Å²) in [4.78, 5) is 27.7. The van der Waals surface area contributed by atoms with Gasteiger partial charge in [-0.1, -0.05) is 69.3 Å². The Labute approximate surface area is 186 Å². The molecule has 0 aromatic heterocycles. The highest BCUT2D eigenvalue weighted by atomic mass is 16.5. The number of benzene rings is 2. The molecule has 168 valence electrons. The van der Waals surface area contributed by atoms with E-state index in [1.54, 1.807) is 4.90 Å². The van der Waals surface area contributed by atoms with Crippen LogP contribution in [0.15, 0.2) is 54.6 Å². The zero-order valence-electron chi connectivity index (χ0n) is 19.4. The van der Waals surface area contributed by atoms with Crippen LogP contribution >= 0.6 is 0 Å². The lowest BCUT2D eigenvalue weighted by atomic mass is 10.0. The molecule has 2 rings (SSSR count). The second-order valence-corrected chi connectivity index (χ2v) is 8.39. The Balaban J connectivity index is 2.17. The average Bonchev–Trinajstić information content (AvgIpc) is 2.75. The largest absolute Gasteiger partial charge is 0.483 e. The second kappa shape index (κ2) is 12.1. The van der Waals surface area contributed by atoms with Gasteiger partial charge in [-0.05, 0) is 49.8 Å². The molecular weight excluding hydrogens is 388 g/mol. The van der Waals surface area contributed by atoms with Gasteiger partial charge < -0.3 is 15.0 Å². The van der Waals surface area contributed by atoms with Gasteiger partial charge in [0.05, 0.1) is 0 Å². The maximum absolute atomic E-state index is 13.2. The molecule has 31 heavy (non-hydrogen) atoms. The minimum absolute atomic E-state index is 0.0156.